The van der Waals surface area contributed by atoms with E-state index in [4.69, 9.17) is 4.74 Å². The van der Waals surface area contributed by atoms with Gasteiger partial charge >= 0.3 is 0 Å². The molecule has 23 heavy (non-hydrogen) atoms. The first-order chi connectivity index (χ1) is 10.7. The molecular formula is C17H23IN2O2S. The summed E-state index contributed by atoms with van der Waals surface area (Å²) < 4.78 is 5.32. The Labute approximate surface area is 155 Å². The van der Waals surface area contributed by atoms with Crippen LogP contribution in [-0.2, 0) is 9.53 Å². The highest BCUT2D eigenvalue weighted by atomic mass is 127. The average Bonchev–Trinajstić information content (AvgIpc) is 2.54. The smallest absolute Gasteiger partial charge is 0.227 e. The van der Waals surface area contributed by atoms with Gasteiger partial charge in [0.15, 0.2) is 0 Å². The molecule has 2 aliphatic heterocycles. The minimum Gasteiger partial charge on any atom is -0.380 e. The van der Waals surface area contributed by atoms with Gasteiger partial charge in [-0.3, -0.25) is 4.79 Å². The lowest BCUT2D eigenvalue weighted by atomic mass is 9.78. The molecule has 1 spiro atoms. The maximum absolute atomic E-state index is 12.1. The van der Waals surface area contributed by atoms with Crippen LogP contribution in [0.15, 0.2) is 18.3 Å². The molecule has 0 unspecified atom stereocenters. The van der Waals surface area contributed by atoms with Gasteiger partial charge in [-0.2, -0.15) is 0 Å². The van der Waals surface area contributed by atoms with E-state index in [0.717, 1.165) is 37.6 Å². The second-order valence-corrected chi connectivity index (χ2v) is 6.86. The van der Waals surface area contributed by atoms with Crippen molar-refractivity contribution in [3.05, 3.63) is 24.0 Å². The average molecular weight is 446 g/mol. The number of hydrogen-bond acceptors (Lipinski definition) is 4. The molecule has 3 heterocycles. The molecule has 1 amide bonds. The van der Waals surface area contributed by atoms with Gasteiger partial charge in [-0.25, -0.2) is 4.98 Å². The summed E-state index contributed by atoms with van der Waals surface area (Å²) in [6.45, 7) is 6.27. The van der Waals surface area contributed by atoms with Gasteiger partial charge in [-0.1, -0.05) is 21.3 Å². The van der Waals surface area contributed by atoms with E-state index in [1.807, 2.05) is 30.9 Å². The van der Waals surface area contributed by atoms with Crippen molar-refractivity contribution in [2.45, 2.75) is 34.1 Å². The van der Waals surface area contributed by atoms with E-state index < -0.39 is 0 Å². The summed E-state index contributed by atoms with van der Waals surface area (Å²) in [5, 5.41) is 2.90. The normalized spacial score (nSPS) is 17.9. The van der Waals surface area contributed by atoms with E-state index in [-0.39, 0.29) is 18.7 Å². The van der Waals surface area contributed by atoms with E-state index in [9.17, 15) is 4.79 Å². The molecule has 2 fully saturated rings. The molecule has 0 N–H and O–H groups in total. The van der Waals surface area contributed by atoms with Crippen LogP contribution in [0.4, 0.5) is 5.69 Å². The molecule has 126 valence electrons. The molecular weight excluding hydrogens is 423 g/mol. The summed E-state index contributed by atoms with van der Waals surface area (Å²) in [4.78, 5) is 18.2. The summed E-state index contributed by atoms with van der Waals surface area (Å²) >= 11 is 2.12. The molecule has 6 heteroatoms. The van der Waals surface area contributed by atoms with Gasteiger partial charge in [-0.15, -0.1) is 0 Å². The molecule has 0 saturated carbocycles. The topological polar surface area (TPSA) is 42.4 Å². The van der Waals surface area contributed by atoms with Crippen LogP contribution in [-0.4, -0.2) is 30.6 Å². The first-order valence-corrected chi connectivity index (χ1v) is 10.7. The van der Waals surface area contributed by atoms with Gasteiger partial charge < -0.3 is 9.64 Å². The van der Waals surface area contributed by atoms with Crippen molar-refractivity contribution in [2.24, 2.45) is 5.41 Å². The Kier molecular flexibility index (Phi) is 8.37. The van der Waals surface area contributed by atoms with Gasteiger partial charge in [0.25, 0.3) is 0 Å². The number of amides is 1. The summed E-state index contributed by atoms with van der Waals surface area (Å²) in [5.41, 5.74) is 1.75. The molecule has 0 aliphatic carbocycles. The fraction of sp³-hybridized carbons (Fsp3) is 0.529. The zero-order valence-corrected chi connectivity index (χ0v) is 15.7. The van der Waals surface area contributed by atoms with E-state index >= 15 is 0 Å². The Morgan fingerprint density at radius 2 is 2.13 bits per heavy atom. The summed E-state index contributed by atoms with van der Waals surface area (Å²) in [6, 6.07) is 3.78. The van der Waals surface area contributed by atoms with Gasteiger partial charge in [0.05, 0.1) is 25.1 Å². The van der Waals surface area contributed by atoms with Crippen molar-refractivity contribution in [2.75, 3.05) is 24.7 Å². The lowest BCUT2D eigenvalue weighted by molar-refractivity contribution is -0.138. The van der Waals surface area contributed by atoms with Crippen LogP contribution in [0.2, 0.25) is 0 Å². The van der Waals surface area contributed by atoms with Gasteiger partial charge in [-0.05, 0) is 38.7 Å². The molecule has 2 aliphatic rings. The van der Waals surface area contributed by atoms with Crippen LogP contribution in [0.5, 0.6) is 0 Å². The van der Waals surface area contributed by atoms with Crippen molar-refractivity contribution in [1.29, 1.82) is 0 Å². The number of hydrogen-bond donors (Lipinski definition) is 0. The van der Waals surface area contributed by atoms with Gasteiger partial charge in [0, 0.05) is 39.6 Å². The predicted octanol–water partition coefficient (Wildman–Crippen LogP) is 4.28. The third kappa shape index (κ3) is 4.85. The molecule has 4 nitrogen and oxygen atoms in total. The Morgan fingerprint density at radius 1 is 1.39 bits per heavy atom. The third-order valence-corrected chi connectivity index (χ3v) is 4.60. The molecule has 0 atom stereocenters. The number of halogens is 1. The van der Waals surface area contributed by atoms with Crippen LogP contribution in [0.25, 0.3) is 0 Å². The standard InChI is InChI=1S/C14H13IN2O2S.C2H6.CH4/c15-20-6-4-11-1-2-12(7-16-11)17-8-14(9-19-10-14)5-3-13(17)18;1-2;/h1-2,7H,3,5,8-10H2;1-2H3;1H4. The second kappa shape index (κ2) is 9.50. The van der Waals surface area contributed by atoms with Crippen molar-refractivity contribution in [1.82, 2.24) is 4.98 Å². The molecule has 3 rings (SSSR count). The summed E-state index contributed by atoms with van der Waals surface area (Å²) in [7, 11) is 1.43. The second-order valence-electron chi connectivity index (χ2n) is 5.18. The number of anilines is 1. The highest BCUT2D eigenvalue weighted by molar-refractivity contribution is 14.2. The van der Waals surface area contributed by atoms with E-state index in [1.165, 1.54) is 8.93 Å². The minimum absolute atomic E-state index is 0. The zero-order chi connectivity index (χ0) is 16.0. The Morgan fingerprint density at radius 3 is 2.65 bits per heavy atom. The van der Waals surface area contributed by atoms with Crippen molar-refractivity contribution in [3.63, 3.8) is 0 Å². The van der Waals surface area contributed by atoms with Gasteiger partial charge in [0.2, 0.25) is 5.91 Å². The van der Waals surface area contributed by atoms with Crippen LogP contribution in [0, 0.1) is 16.6 Å². The van der Waals surface area contributed by atoms with E-state index in [0.29, 0.717) is 6.42 Å². The maximum Gasteiger partial charge on any atom is 0.227 e. The number of carbonyl (C=O) groups is 1. The number of pyridine rings is 1. The molecule has 0 bridgehead atoms. The predicted molar refractivity (Wildman–Crippen MR) is 106 cm³/mol. The monoisotopic (exact) mass is 446 g/mol. The van der Waals surface area contributed by atoms with E-state index in [2.05, 4.69) is 37.4 Å². The highest BCUT2D eigenvalue weighted by Crippen LogP contribution is 2.38. The Bertz CT molecular complexity index is 576. The molecule has 1 aromatic rings. The zero-order valence-electron chi connectivity index (χ0n) is 12.8. The molecule has 2 saturated heterocycles. The third-order valence-electron chi connectivity index (χ3n) is 3.76. The Hall–Kier alpha value is -0.780. The maximum atomic E-state index is 12.1. The van der Waals surface area contributed by atoms with Crippen LogP contribution in [0.1, 0.15) is 39.8 Å². The lowest BCUT2D eigenvalue weighted by Crippen LogP contribution is -2.56. The fourth-order valence-corrected chi connectivity index (χ4v) is 3.04. The van der Waals surface area contributed by atoms with Crippen molar-refractivity contribution in [3.8, 4) is 11.2 Å². The highest BCUT2D eigenvalue weighted by Gasteiger charge is 2.44. The van der Waals surface area contributed by atoms with E-state index in [1.54, 1.807) is 6.20 Å². The molecule has 1 aromatic heterocycles. The van der Waals surface area contributed by atoms with Crippen molar-refractivity contribution < 1.29 is 9.53 Å². The quantitative estimate of drug-likeness (QED) is 0.477. The SMILES string of the molecule is C.CC.O=C1CCC2(COC2)CN1c1ccc(C#CSI)nc1. The molecule has 0 radical (unpaired) electrons. The summed E-state index contributed by atoms with van der Waals surface area (Å²) in [6.07, 6.45) is 3.26. The van der Waals surface area contributed by atoms with Gasteiger partial charge in [0.1, 0.15) is 5.69 Å². The first kappa shape index (κ1) is 20.3. The number of aromatic nitrogens is 1. The largest absolute Gasteiger partial charge is 0.380 e. The Balaban J connectivity index is 0.000000849. The number of nitrogens with zero attached hydrogens (tertiary/aromatic N) is 2. The summed E-state index contributed by atoms with van der Waals surface area (Å²) in [5.74, 6) is 3.12. The fourth-order valence-electron chi connectivity index (χ4n) is 2.56. The minimum atomic E-state index is 0. The molecule has 0 aromatic carbocycles. The lowest BCUT2D eigenvalue weighted by Gasteiger charge is -2.47. The number of carbonyl (C=O) groups excluding carboxylic acids is 1. The van der Waals surface area contributed by atoms with Crippen LogP contribution in [0.3, 0.4) is 0 Å². The first-order valence-electron chi connectivity index (χ1n) is 7.35. The van der Waals surface area contributed by atoms with Crippen molar-refractivity contribution >= 4 is 41.7 Å². The number of rotatable bonds is 1. The number of ether oxygens (including phenoxy) is 1. The van der Waals surface area contributed by atoms with Crippen LogP contribution >= 0.6 is 30.1 Å². The van der Waals surface area contributed by atoms with Crippen LogP contribution < -0.4 is 4.90 Å². The number of piperidine rings is 1.